The van der Waals surface area contributed by atoms with Crippen molar-refractivity contribution in [2.75, 3.05) is 6.61 Å². The van der Waals surface area contributed by atoms with E-state index in [9.17, 15) is 9.59 Å². The van der Waals surface area contributed by atoms with E-state index in [-0.39, 0.29) is 12.5 Å². The molecular weight excluding hydrogens is 330 g/mol. The minimum absolute atomic E-state index is 0.104. The standard InChI is InChI=1S/C20H19N3O3/c1-2-26-20(25)14-6-5-7-16(10-14)22-11-15-12-23(13-19(21)24)18-9-4-3-8-17(15)18/h3-12H,2,13H2,1H3,(H2,21,24). The number of hydrogen-bond donors (Lipinski definition) is 1. The van der Waals surface area contributed by atoms with Crippen LogP contribution in [0.5, 0.6) is 0 Å². The molecule has 1 aromatic heterocycles. The van der Waals surface area contributed by atoms with Crippen LogP contribution in [0.4, 0.5) is 5.69 Å². The van der Waals surface area contributed by atoms with E-state index in [1.54, 1.807) is 35.9 Å². The van der Waals surface area contributed by atoms with E-state index >= 15 is 0 Å². The highest BCUT2D eigenvalue weighted by molar-refractivity contribution is 6.00. The van der Waals surface area contributed by atoms with Crippen molar-refractivity contribution in [1.29, 1.82) is 0 Å². The van der Waals surface area contributed by atoms with Crippen LogP contribution < -0.4 is 5.73 Å². The number of carbonyl (C=O) groups excluding carboxylic acids is 2. The highest BCUT2D eigenvalue weighted by Crippen LogP contribution is 2.21. The number of aromatic nitrogens is 1. The lowest BCUT2D eigenvalue weighted by Crippen LogP contribution is -2.17. The molecule has 0 aliphatic carbocycles. The zero-order chi connectivity index (χ0) is 18.5. The van der Waals surface area contributed by atoms with Gasteiger partial charge in [-0.25, -0.2) is 4.79 Å². The molecule has 0 bridgehead atoms. The number of hydrogen-bond acceptors (Lipinski definition) is 4. The van der Waals surface area contributed by atoms with E-state index in [4.69, 9.17) is 10.5 Å². The number of benzene rings is 2. The lowest BCUT2D eigenvalue weighted by molar-refractivity contribution is -0.118. The van der Waals surface area contributed by atoms with Gasteiger partial charge in [-0.1, -0.05) is 24.3 Å². The van der Waals surface area contributed by atoms with Gasteiger partial charge in [-0.3, -0.25) is 9.79 Å². The average Bonchev–Trinajstić information content (AvgIpc) is 2.98. The SMILES string of the molecule is CCOC(=O)c1cccc(N=Cc2cn(CC(N)=O)c3ccccc23)c1. The summed E-state index contributed by atoms with van der Waals surface area (Å²) in [7, 11) is 0. The highest BCUT2D eigenvalue weighted by atomic mass is 16.5. The molecule has 6 heteroatoms. The third-order valence-electron chi connectivity index (χ3n) is 3.86. The molecule has 0 fully saturated rings. The van der Waals surface area contributed by atoms with Crippen LogP contribution in [-0.4, -0.2) is 29.3 Å². The van der Waals surface area contributed by atoms with E-state index in [0.717, 1.165) is 16.5 Å². The number of amides is 1. The number of rotatable bonds is 6. The normalized spacial score (nSPS) is 11.1. The Balaban J connectivity index is 1.93. The Kier molecular flexibility index (Phi) is 5.12. The van der Waals surface area contributed by atoms with Crippen LogP contribution in [0.1, 0.15) is 22.8 Å². The number of esters is 1. The zero-order valence-corrected chi connectivity index (χ0v) is 14.4. The van der Waals surface area contributed by atoms with E-state index < -0.39 is 5.91 Å². The van der Waals surface area contributed by atoms with Gasteiger partial charge in [0.15, 0.2) is 0 Å². The molecule has 2 N–H and O–H groups in total. The molecule has 0 atom stereocenters. The lowest BCUT2D eigenvalue weighted by atomic mass is 10.2. The maximum Gasteiger partial charge on any atom is 0.338 e. The second-order valence-electron chi connectivity index (χ2n) is 5.72. The van der Waals surface area contributed by atoms with Crippen molar-refractivity contribution >= 4 is 34.7 Å². The molecule has 3 aromatic rings. The maximum atomic E-state index is 11.8. The first-order valence-electron chi connectivity index (χ1n) is 8.26. The summed E-state index contributed by atoms with van der Waals surface area (Å²) >= 11 is 0. The molecule has 26 heavy (non-hydrogen) atoms. The predicted octanol–water partition coefficient (Wildman–Crippen LogP) is 3.05. The van der Waals surface area contributed by atoms with Gasteiger partial charge in [0.25, 0.3) is 0 Å². The lowest BCUT2D eigenvalue weighted by Gasteiger charge is -2.02. The Labute approximate surface area is 150 Å². The molecule has 0 unspecified atom stereocenters. The number of para-hydroxylation sites is 1. The average molecular weight is 349 g/mol. The summed E-state index contributed by atoms with van der Waals surface area (Å²) in [4.78, 5) is 27.6. The van der Waals surface area contributed by atoms with E-state index in [1.165, 1.54) is 0 Å². The van der Waals surface area contributed by atoms with Gasteiger partial charge >= 0.3 is 5.97 Å². The first-order valence-corrected chi connectivity index (χ1v) is 8.26. The largest absolute Gasteiger partial charge is 0.462 e. The van der Waals surface area contributed by atoms with Gasteiger partial charge in [0.05, 0.1) is 17.9 Å². The number of carbonyl (C=O) groups is 2. The van der Waals surface area contributed by atoms with Crippen LogP contribution in [0, 0.1) is 0 Å². The van der Waals surface area contributed by atoms with Crippen LogP contribution in [-0.2, 0) is 16.1 Å². The number of ether oxygens (including phenoxy) is 1. The summed E-state index contributed by atoms with van der Waals surface area (Å²) in [5, 5.41) is 0.971. The van der Waals surface area contributed by atoms with Crippen molar-refractivity contribution < 1.29 is 14.3 Å². The molecule has 0 spiro atoms. The first-order chi connectivity index (χ1) is 12.6. The molecule has 132 valence electrons. The summed E-state index contributed by atoms with van der Waals surface area (Å²) in [5.74, 6) is -0.779. The van der Waals surface area contributed by atoms with Gasteiger partial charge in [0, 0.05) is 28.9 Å². The molecule has 1 heterocycles. The summed E-state index contributed by atoms with van der Waals surface area (Å²) < 4.78 is 6.81. The molecule has 0 aliphatic rings. The molecule has 0 aliphatic heterocycles. The second-order valence-corrected chi connectivity index (χ2v) is 5.72. The number of nitrogens with zero attached hydrogens (tertiary/aromatic N) is 2. The van der Waals surface area contributed by atoms with E-state index in [0.29, 0.717) is 17.9 Å². The minimum atomic E-state index is -0.406. The van der Waals surface area contributed by atoms with Crippen LogP contribution in [0.3, 0.4) is 0 Å². The van der Waals surface area contributed by atoms with Gasteiger partial charge in [-0.15, -0.1) is 0 Å². The van der Waals surface area contributed by atoms with E-state index in [2.05, 4.69) is 4.99 Å². The molecule has 2 aromatic carbocycles. The summed E-state index contributed by atoms with van der Waals surface area (Å²) in [6.45, 7) is 2.19. The highest BCUT2D eigenvalue weighted by Gasteiger charge is 2.09. The third kappa shape index (κ3) is 3.80. The van der Waals surface area contributed by atoms with Crippen molar-refractivity contribution in [1.82, 2.24) is 4.57 Å². The van der Waals surface area contributed by atoms with Crippen molar-refractivity contribution in [3.63, 3.8) is 0 Å². The Morgan fingerprint density at radius 1 is 1.19 bits per heavy atom. The summed E-state index contributed by atoms with van der Waals surface area (Å²) in [6, 6.07) is 14.7. The number of primary amides is 1. The number of fused-ring (bicyclic) bond motifs is 1. The molecule has 0 saturated heterocycles. The number of aliphatic imine (C=N–C) groups is 1. The van der Waals surface area contributed by atoms with Crippen LogP contribution in [0.25, 0.3) is 10.9 Å². The fourth-order valence-electron chi connectivity index (χ4n) is 2.75. The van der Waals surface area contributed by atoms with Gasteiger partial charge in [-0.2, -0.15) is 0 Å². The van der Waals surface area contributed by atoms with Crippen LogP contribution >= 0.6 is 0 Å². The maximum absolute atomic E-state index is 11.8. The van der Waals surface area contributed by atoms with Crippen molar-refractivity contribution in [3.8, 4) is 0 Å². The molecular formula is C20H19N3O3. The predicted molar refractivity (Wildman–Crippen MR) is 101 cm³/mol. The number of nitrogens with two attached hydrogens (primary N) is 1. The molecule has 3 rings (SSSR count). The Hall–Kier alpha value is -3.41. The molecule has 6 nitrogen and oxygen atoms in total. The summed E-state index contributed by atoms with van der Waals surface area (Å²) in [5.41, 5.74) is 8.19. The van der Waals surface area contributed by atoms with Crippen molar-refractivity contribution in [2.24, 2.45) is 10.7 Å². The summed E-state index contributed by atoms with van der Waals surface area (Å²) in [6.07, 6.45) is 3.55. The van der Waals surface area contributed by atoms with Crippen LogP contribution in [0.15, 0.2) is 59.7 Å². The van der Waals surface area contributed by atoms with E-state index in [1.807, 2.05) is 36.5 Å². The van der Waals surface area contributed by atoms with Crippen LogP contribution in [0.2, 0.25) is 0 Å². The minimum Gasteiger partial charge on any atom is -0.462 e. The smallest absolute Gasteiger partial charge is 0.338 e. The molecule has 0 radical (unpaired) electrons. The topological polar surface area (TPSA) is 86.7 Å². The van der Waals surface area contributed by atoms with Gasteiger partial charge in [-0.05, 0) is 31.2 Å². The van der Waals surface area contributed by atoms with Gasteiger partial charge in [0.2, 0.25) is 5.91 Å². The Morgan fingerprint density at radius 2 is 2.00 bits per heavy atom. The third-order valence-corrected chi connectivity index (χ3v) is 3.86. The second kappa shape index (κ2) is 7.65. The van der Waals surface area contributed by atoms with Gasteiger partial charge < -0.3 is 15.0 Å². The van der Waals surface area contributed by atoms with Crippen molar-refractivity contribution in [3.05, 3.63) is 65.9 Å². The fraction of sp³-hybridized carbons (Fsp3) is 0.150. The fourth-order valence-corrected chi connectivity index (χ4v) is 2.75. The Bertz CT molecular complexity index is 989. The molecule has 0 saturated carbocycles. The monoisotopic (exact) mass is 349 g/mol. The quantitative estimate of drug-likeness (QED) is 0.548. The van der Waals surface area contributed by atoms with Gasteiger partial charge in [0.1, 0.15) is 6.54 Å². The molecule has 1 amide bonds. The Morgan fingerprint density at radius 3 is 2.77 bits per heavy atom. The first kappa shape index (κ1) is 17.4. The zero-order valence-electron chi connectivity index (χ0n) is 14.4. The van der Waals surface area contributed by atoms with Crippen molar-refractivity contribution in [2.45, 2.75) is 13.5 Å².